The Morgan fingerprint density at radius 3 is 2.10 bits per heavy atom. The van der Waals surface area contributed by atoms with Gasteiger partial charge in [-0.25, -0.2) is 4.79 Å². The second-order valence-corrected chi connectivity index (χ2v) is 18.6. The number of carboxylic acids is 1. The zero-order valence-electron chi connectivity index (χ0n) is 24.3. The number of nitrogens with one attached hydrogen (secondary N) is 1. The van der Waals surface area contributed by atoms with Crippen molar-refractivity contribution in [2.75, 3.05) is 0 Å². The topological polar surface area (TPSA) is 84.9 Å². The van der Waals surface area contributed by atoms with E-state index in [4.69, 9.17) is 20.8 Å². The van der Waals surface area contributed by atoms with E-state index in [9.17, 15) is 14.7 Å². The molecule has 0 unspecified atom stereocenters. The van der Waals surface area contributed by atoms with Gasteiger partial charge >= 0.3 is 12.1 Å². The highest BCUT2D eigenvalue weighted by atomic mass is 79.9. The lowest BCUT2D eigenvalue weighted by Crippen LogP contribution is -2.54. The minimum atomic E-state index is -2.38. The number of hydrogen-bond donors (Lipinski definition) is 2. The van der Waals surface area contributed by atoms with Gasteiger partial charge < -0.3 is 19.6 Å². The first kappa shape index (κ1) is 33.3. The molecule has 0 aliphatic heterocycles. The number of amides is 1. The fraction of sp³-hybridized carbons (Fsp3) is 0.533. The van der Waals surface area contributed by atoms with E-state index >= 15 is 0 Å². The smallest absolute Gasteiger partial charge is 0.407 e. The third-order valence-corrected chi connectivity index (χ3v) is 12.5. The Labute approximate surface area is 248 Å². The summed E-state index contributed by atoms with van der Waals surface area (Å²) in [7, 11) is -2.38. The third kappa shape index (κ3) is 10.9. The fourth-order valence-electron chi connectivity index (χ4n) is 3.94. The van der Waals surface area contributed by atoms with E-state index in [0.29, 0.717) is 11.4 Å². The molecule has 0 bridgehead atoms. The minimum absolute atomic E-state index is 0.124. The van der Waals surface area contributed by atoms with E-state index in [-0.39, 0.29) is 17.9 Å². The molecule has 2 aromatic rings. The predicted molar refractivity (Wildman–Crippen MR) is 164 cm³/mol. The summed E-state index contributed by atoms with van der Waals surface area (Å²) in [5.41, 5.74) is 1.07. The van der Waals surface area contributed by atoms with Crippen molar-refractivity contribution < 1.29 is 23.9 Å². The Morgan fingerprint density at radius 1 is 1.00 bits per heavy atom. The quantitative estimate of drug-likeness (QED) is 0.242. The molecule has 2 aromatic carbocycles. The summed E-state index contributed by atoms with van der Waals surface area (Å²) in [4.78, 5) is 25.6. The van der Waals surface area contributed by atoms with Gasteiger partial charge in [0.15, 0.2) is 8.32 Å². The molecular weight excluding hydrogens is 598 g/mol. The maximum atomic E-state index is 13.0. The SMILES string of the molecule is CC(C)(C)OC(=O)N[C@@H](Cc1ccc(Br)cc1)[C@H](C[C@@H](Cc1ccccc1Cl)C(=O)O)O[Si](C)(C)C(C)(C)C. The van der Waals surface area contributed by atoms with Crippen LogP contribution >= 0.6 is 27.5 Å². The summed E-state index contributed by atoms with van der Waals surface area (Å²) >= 11 is 9.87. The molecule has 0 aromatic heterocycles. The highest BCUT2D eigenvalue weighted by Gasteiger charge is 2.42. The van der Waals surface area contributed by atoms with E-state index in [1.165, 1.54) is 0 Å². The summed E-state index contributed by atoms with van der Waals surface area (Å²) in [6, 6.07) is 14.6. The number of alkyl carbamates (subject to hydrolysis) is 1. The Bertz CT molecular complexity index is 1110. The molecule has 0 fully saturated rings. The number of carbonyl (C=O) groups excluding carboxylic acids is 1. The fourth-order valence-corrected chi connectivity index (χ4v) is 5.79. The van der Waals surface area contributed by atoms with Crippen molar-refractivity contribution in [3.05, 3.63) is 69.2 Å². The number of aliphatic carboxylic acids is 1. The Balaban J connectivity index is 2.51. The van der Waals surface area contributed by atoms with Gasteiger partial charge in [-0.05, 0) is 87.5 Å². The molecule has 0 heterocycles. The molecule has 2 N–H and O–H groups in total. The van der Waals surface area contributed by atoms with Crippen LogP contribution in [0.4, 0.5) is 4.79 Å². The van der Waals surface area contributed by atoms with Crippen LogP contribution in [0.5, 0.6) is 0 Å². The van der Waals surface area contributed by atoms with Crippen LogP contribution < -0.4 is 5.32 Å². The van der Waals surface area contributed by atoms with Gasteiger partial charge in [-0.3, -0.25) is 4.79 Å². The zero-order valence-corrected chi connectivity index (χ0v) is 27.7. The van der Waals surface area contributed by atoms with Crippen molar-refractivity contribution in [3.8, 4) is 0 Å². The monoisotopic (exact) mass is 639 g/mol. The molecule has 216 valence electrons. The molecular formula is C30H43BrClNO5Si. The van der Waals surface area contributed by atoms with Gasteiger partial charge in [0.1, 0.15) is 5.60 Å². The largest absolute Gasteiger partial charge is 0.481 e. The highest BCUT2D eigenvalue weighted by molar-refractivity contribution is 9.10. The van der Waals surface area contributed by atoms with Crippen LogP contribution in [0, 0.1) is 5.92 Å². The predicted octanol–water partition coefficient (Wildman–Crippen LogP) is 8.26. The number of halogens is 2. The number of hydrogen-bond acceptors (Lipinski definition) is 4. The molecule has 3 atom stereocenters. The van der Waals surface area contributed by atoms with Crippen LogP contribution in [0.15, 0.2) is 53.0 Å². The Kier molecular flexibility index (Phi) is 11.7. The molecule has 9 heteroatoms. The normalized spacial score (nSPS) is 14.8. The van der Waals surface area contributed by atoms with E-state index in [0.717, 1.165) is 15.6 Å². The van der Waals surface area contributed by atoms with Crippen molar-refractivity contribution in [1.82, 2.24) is 5.32 Å². The average molecular weight is 641 g/mol. The molecule has 0 saturated heterocycles. The van der Waals surface area contributed by atoms with Crippen molar-refractivity contribution >= 4 is 47.9 Å². The molecule has 0 spiro atoms. The van der Waals surface area contributed by atoms with Crippen LogP contribution in [-0.2, 0) is 26.8 Å². The van der Waals surface area contributed by atoms with Gasteiger partial charge in [-0.2, -0.15) is 0 Å². The molecule has 0 saturated carbocycles. The standard InChI is InChI=1S/C30H43BrClNO5Si/c1-29(2,3)37-28(36)33-25(17-20-13-15-23(31)16-14-20)26(38-39(7,8)30(4,5)6)19-22(27(34)35)18-21-11-9-10-12-24(21)32/h9-16,22,25-26H,17-19H2,1-8H3,(H,33,36)(H,34,35)/t22-,25+,26+/m1/s1. The second-order valence-electron chi connectivity index (χ2n) is 12.6. The third-order valence-electron chi connectivity index (χ3n) is 7.06. The zero-order chi connectivity index (χ0) is 29.6. The van der Waals surface area contributed by atoms with Gasteiger partial charge in [0.05, 0.1) is 18.1 Å². The summed E-state index contributed by atoms with van der Waals surface area (Å²) in [5.74, 6) is -1.70. The Hall–Kier alpha value is -1.87. The van der Waals surface area contributed by atoms with Crippen LogP contribution in [0.3, 0.4) is 0 Å². The van der Waals surface area contributed by atoms with Crippen molar-refractivity contribution in [2.45, 2.75) is 96.7 Å². The number of benzene rings is 2. The lowest BCUT2D eigenvalue weighted by atomic mass is 9.89. The lowest BCUT2D eigenvalue weighted by molar-refractivity contribution is -0.142. The molecule has 1 amide bonds. The minimum Gasteiger partial charge on any atom is -0.481 e. The molecule has 0 radical (unpaired) electrons. The second kappa shape index (κ2) is 13.7. The molecule has 2 rings (SSSR count). The van der Waals surface area contributed by atoms with Gasteiger partial charge in [0.25, 0.3) is 0 Å². The lowest BCUT2D eigenvalue weighted by Gasteiger charge is -2.42. The number of rotatable bonds is 11. The maximum absolute atomic E-state index is 13.0. The van der Waals surface area contributed by atoms with E-state index < -0.39 is 44.0 Å². The Morgan fingerprint density at radius 2 is 1.59 bits per heavy atom. The molecule has 0 aliphatic rings. The first-order chi connectivity index (χ1) is 17.9. The van der Waals surface area contributed by atoms with E-state index in [1.54, 1.807) is 6.07 Å². The van der Waals surface area contributed by atoms with Gasteiger partial charge in [0.2, 0.25) is 0 Å². The first-order valence-corrected chi connectivity index (χ1v) is 17.3. The summed E-state index contributed by atoms with van der Waals surface area (Å²) in [6.45, 7) is 16.1. The van der Waals surface area contributed by atoms with Gasteiger partial charge in [-0.1, -0.05) is 78.6 Å². The van der Waals surface area contributed by atoms with Gasteiger partial charge in [0, 0.05) is 9.50 Å². The van der Waals surface area contributed by atoms with Crippen molar-refractivity contribution in [2.24, 2.45) is 5.92 Å². The van der Waals surface area contributed by atoms with Gasteiger partial charge in [-0.15, -0.1) is 0 Å². The van der Waals surface area contributed by atoms with E-state index in [2.05, 4.69) is 55.1 Å². The van der Waals surface area contributed by atoms with E-state index in [1.807, 2.05) is 63.2 Å². The van der Waals surface area contributed by atoms with Crippen molar-refractivity contribution in [1.29, 1.82) is 0 Å². The number of ether oxygens (including phenoxy) is 1. The highest BCUT2D eigenvalue weighted by Crippen LogP contribution is 2.39. The molecule has 39 heavy (non-hydrogen) atoms. The maximum Gasteiger partial charge on any atom is 0.407 e. The number of carboxylic acid groups (broad SMARTS) is 1. The van der Waals surface area contributed by atoms with Crippen molar-refractivity contribution in [3.63, 3.8) is 0 Å². The van der Waals surface area contributed by atoms with Crippen LogP contribution in [0.2, 0.25) is 23.2 Å². The van der Waals surface area contributed by atoms with Crippen LogP contribution in [0.25, 0.3) is 0 Å². The summed E-state index contributed by atoms with van der Waals surface area (Å²) in [6.07, 6.45) is -0.241. The van der Waals surface area contributed by atoms with Crippen LogP contribution in [0.1, 0.15) is 59.1 Å². The molecule has 0 aliphatic carbocycles. The first-order valence-electron chi connectivity index (χ1n) is 13.3. The molecule has 6 nitrogen and oxygen atoms in total. The summed E-state index contributed by atoms with van der Waals surface area (Å²) in [5, 5.41) is 13.7. The number of carbonyl (C=O) groups is 2. The summed E-state index contributed by atoms with van der Waals surface area (Å²) < 4.78 is 13.5. The van der Waals surface area contributed by atoms with Crippen LogP contribution in [-0.4, -0.2) is 43.2 Å². The average Bonchev–Trinajstić information content (AvgIpc) is 2.78.